The lowest BCUT2D eigenvalue weighted by Crippen LogP contribution is -1.86. The third-order valence-electron chi connectivity index (χ3n) is 2.32. The number of nitro groups is 2. The molecule has 0 aliphatic rings. The van der Waals surface area contributed by atoms with Crippen LogP contribution < -0.4 is 0 Å². The van der Waals surface area contributed by atoms with Gasteiger partial charge in [-0.25, -0.2) is 0 Å². The maximum Gasteiger partial charge on any atom is 0.270 e. The predicted octanol–water partition coefficient (Wildman–Crippen LogP) is 2.54. The van der Waals surface area contributed by atoms with Gasteiger partial charge in [-0.15, -0.1) is 0 Å². The van der Waals surface area contributed by atoms with Gasteiger partial charge in [-0.3, -0.25) is 20.2 Å². The highest BCUT2D eigenvalue weighted by atomic mass is 16.6. The number of rotatable bonds is 2. The number of aliphatic hydroxyl groups is 1. The fourth-order valence-electron chi connectivity index (χ4n) is 1.25. The van der Waals surface area contributed by atoms with Crippen molar-refractivity contribution in [2.75, 3.05) is 7.11 Å². The molecule has 0 radical (unpaired) electrons. The Balaban J connectivity index is 0.000000360. The SMILES string of the molecule is CO.Cc1ccc([N+](=O)[O-])cc1.O=[N+]([O-])c1ccc([OH2+])cc1. The van der Waals surface area contributed by atoms with Gasteiger partial charge in [0.1, 0.15) is 0 Å². The zero-order valence-electron chi connectivity index (χ0n) is 12.1. The van der Waals surface area contributed by atoms with Crippen LogP contribution in [0.2, 0.25) is 0 Å². The minimum atomic E-state index is -0.487. The molecule has 0 aromatic heterocycles. The van der Waals surface area contributed by atoms with Gasteiger partial charge in [-0.2, -0.15) is 0 Å². The highest BCUT2D eigenvalue weighted by Gasteiger charge is 2.03. The van der Waals surface area contributed by atoms with Crippen LogP contribution in [0.1, 0.15) is 5.56 Å². The molecule has 3 N–H and O–H groups in total. The maximum atomic E-state index is 10.1. The van der Waals surface area contributed by atoms with Gasteiger partial charge in [0.15, 0.2) is 0 Å². The summed E-state index contributed by atoms with van der Waals surface area (Å²) in [5, 5.41) is 34.2. The zero-order chi connectivity index (χ0) is 17.1. The highest BCUT2D eigenvalue weighted by Crippen LogP contribution is 2.15. The minimum absolute atomic E-state index is 0.0241. The van der Waals surface area contributed by atoms with Gasteiger partial charge in [0.05, 0.1) is 9.85 Å². The second-order valence-electron chi connectivity index (χ2n) is 3.90. The minimum Gasteiger partial charge on any atom is -0.593 e. The first kappa shape index (κ1) is 19.0. The second kappa shape index (κ2) is 9.83. The summed E-state index contributed by atoms with van der Waals surface area (Å²) in [7, 11) is 1.00. The van der Waals surface area contributed by atoms with Crippen molar-refractivity contribution in [3.63, 3.8) is 0 Å². The standard InChI is InChI=1S/C7H7NO2.C6H5NO3.CH4O/c1-6-2-4-7(5-3-6)8(9)10;8-6-3-1-5(2-4-6)7(9)10;1-2/h2-5H,1H3;1-4,8H;2H,1H3/p+1. The van der Waals surface area contributed by atoms with Crippen molar-refractivity contribution in [3.05, 3.63) is 74.3 Å². The van der Waals surface area contributed by atoms with Gasteiger partial charge in [-0.05, 0) is 6.92 Å². The Bertz CT molecular complexity index is 540. The molecular formula is C14H17N2O6+. The van der Waals surface area contributed by atoms with Crippen molar-refractivity contribution < 1.29 is 20.1 Å². The smallest absolute Gasteiger partial charge is 0.270 e. The predicted molar refractivity (Wildman–Crippen MR) is 82.1 cm³/mol. The number of nitrogens with zero attached hydrogens (tertiary/aromatic N) is 2. The summed E-state index contributed by atoms with van der Waals surface area (Å²) in [6, 6.07) is 11.8. The normalized spacial score (nSPS) is 8.68. The van der Waals surface area contributed by atoms with E-state index in [1.54, 1.807) is 12.1 Å². The first-order chi connectivity index (χ1) is 10.4. The molecule has 0 saturated heterocycles. The molecule has 0 fully saturated rings. The first-order valence-electron chi connectivity index (χ1n) is 6.02. The Morgan fingerprint density at radius 3 is 1.45 bits per heavy atom. The van der Waals surface area contributed by atoms with Crippen molar-refractivity contribution in [1.82, 2.24) is 0 Å². The molecule has 2 aromatic carbocycles. The van der Waals surface area contributed by atoms with Crippen molar-refractivity contribution in [2.45, 2.75) is 6.92 Å². The van der Waals surface area contributed by atoms with E-state index in [0.29, 0.717) is 0 Å². The number of non-ortho nitro benzene ring substituents is 2. The molecule has 0 atom stereocenters. The van der Waals surface area contributed by atoms with Crippen LogP contribution in [0, 0.1) is 27.2 Å². The van der Waals surface area contributed by atoms with Gasteiger partial charge in [0.25, 0.3) is 17.1 Å². The molecule has 0 amide bonds. The van der Waals surface area contributed by atoms with Crippen LogP contribution in [0.5, 0.6) is 5.75 Å². The largest absolute Gasteiger partial charge is 0.593 e. The Morgan fingerprint density at radius 2 is 1.14 bits per heavy atom. The van der Waals surface area contributed by atoms with Crippen molar-refractivity contribution in [2.24, 2.45) is 0 Å². The molecule has 22 heavy (non-hydrogen) atoms. The Morgan fingerprint density at radius 1 is 0.818 bits per heavy atom. The van der Waals surface area contributed by atoms with Crippen LogP contribution in [0.25, 0.3) is 0 Å². The molecule has 0 unspecified atom stereocenters. The molecular weight excluding hydrogens is 292 g/mol. The molecule has 0 aliphatic heterocycles. The summed E-state index contributed by atoms with van der Waals surface area (Å²) in [4.78, 5) is 19.3. The number of nitro benzene ring substituents is 2. The van der Waals surface area contributed by atoms with E-state index in [2.05, 4.69) is 0 Å². The lowest BCUT2D eigenvalue weighted by Gasteiger charge is -1.90. The van der Waals surface area contributed by atoms with E-state index in [4.69, 9.17) is 10.2 Å². The van der Waals surface area contributed by atoms with E-state index in [-0.39, 0.29) is 17.1 Å². The van der Waals surface area contributed by atoms with Crippen molar-refractivity contribution in [3.8, 4) is 5.75 Å². The maximum absolute atomic E-state index is 10.1. The third kappa shape index (κ3) is 6.96. The van der Waals surface area contributed by atoms with Crippen LogP contribution in [-0.2, 0) is 0 Å². The number of hydrogen-bond donors (Lipinski definition) is 1. The van der Waals surface area contributed by atoms with E-state index >= 15 is 0 Å². The molecule has 0 spiro atoms. The molecule has 0 heterocycles. The lowest BCUT2D eigenvalue weighted by atomic mass is 10.2. The monoisotopic (exact) mass is 309 g/mol. The van der Waals surface area contributed by atoms with E-state index in [0.717, 1.165) is 12.7 Å². The second-order valence-corrected chi connectivity index (χ2v) is 3.90. The average Bonchev–Trinajstić information content (AvgIpc) is 2.51. The zero-order valence-corrected chi connectivity index (χ0v) is 12.1. The third-order valence-corrected chi connectivity index (χ3v) is 2.32. The van der Waals surface area contributed by atoms with Crippen LogP contribution in [0.15, 0.2) is 48.5 Å². The van der Waals surface area contributed by atoms with Gasteiger partial charge in [-0.1, -0.05) is 17.7 Å². The Hall–Kier alpha value is -3.00. The molecule has 0 saturated carbocycles. The summed E-state index contributed by atoms with van der Waals surface area (Å²) < 4.78 is 0. The number of aliphatic hydroxyl groups excluding tert-OH is 1. The molecule has 0 aliphatic carbocycles. The molecule has 2 rings (SSSR count). The summed E-state index contributed by atoms with van der Waals surface area (Å²) in [5.74, 6) is 0.283. The van der Waals surface area contributed by atoms with Crippen LogP contribution in [-0.4, -0.2) is 27.2 Å². The quantitative estimate of drug-likeness (QED) is 0.517. The highest BCUT2D eigenvalue weighted by molar-refractivity contribution is 5.35. The molecule has 118 valence electrons. The number of benzene rings is 2. The average molecular weight is 309 g/mol. The number of aryl methyl sites for hydroxylation is 1. The van der Waals surface area contributed by atoms with Crippen LogP contribution in [0.3, 0.4) is 0 Å². The van der Waals surface area contributed by atoms with Crippen LogP contribution in [0.4, 0.5) is 11.4 Å². The van der Waals surface area contributed by atoms with E-state index in [1.165, 1.54) is 36.4 Å². The van der Waals surface area contributed by atoms with Gasteiger partial charge < -0.3 is 10.2 Å². The van der Waals surface area contributed by atoms with Crippen LogP contribution >= 0.6 is 0 Å². The molecule has 2 aromatic rings. The molecule has 8 nitrogen and oxygen atoms in total. The fraction of sp³-hybridized carbons (Fsp3) is 0.143. The first-order valence-corrected chi connectivity index (χ1v) is 6.02. The fourth-order valence-corrected chi connectivity index (χ4v) is 1.25. The lowest BCUT2D eigenvalue weighted by molar-refractivity contribution is -0.385. The van der Waals surface area contributed by atoms with E-state index in [1.807, 2.05) is 6.92 Å². The van der Waals surface area contributed by atoms with E-state index in [9.17, 15) is 20.2 Å². The van der Waals surface area contributed by atoms with Gasteiger partial charge >= 0.3 is 0 Å². The topological polar surface area (TPSA) is 129 Å². The molecule has 8 heteroatoms. The van der Waals surface area contributed by atoms with Gasteiger partial charge in [0.2, 0.25) is 0 Å². The molecule has 0 bridgehead atoms. The summed E-state index contributed by atoms with van der Waals surface area (Å²) in [6.45, 7) is 1.89. The van der Waals surface area contributed by atoms with Crippen molar-refractivity contribution >= 4 is 11.4 Å². The van der Waals surface area contributed by atoms with E-state index < -0.39 is 9.85 Å². The Labute approximate surface area is 126 Å². The van der Waals surface area contributed by atoms with Gasteiger partial charge in [0, 0.05) is 43.5 Å². The summed E-state index contributed by atoms with van der Waals surface area (Å²) in [5.41, 5.74) is 1.20. The summed E-state index contributed by atoms with van der Waals surface area (Å²) in [6.07, 6.45) is 0. The Kier molecular flexibility index (Phi) is 8.49. The summed E-state index contributed by atoms with van der Waals surface area (Å²) >= 11 is 0. The number of hydrogen-bond acceptors (Lipinski definition) is 5. The van der Waals surface area contributed by atoms with Crippen molar-refractivity contribution in [1.29, 1.82) is 0 Å².